The predicted octanol–water partition coefficient (Wildman–Crippen LogP) is 3.88. The second-order valence-electron chi connectivity index (χ2n) is 5.57. The van der Waals surface area contributed by atoms with E-state index in [1.54, 1.807) is 10.4 Å². The Labute approximate surface area is 128 Å². The van der Waals surface area contributed by atoms with Gasteiger partial charge in [-0.3, -0.25) is 0 Å². The highest BCUT2D eigenvalue weighted by Crippen LogP contribution is 2.34. The highest BCUT2D eigenvalue weighted by atomic mass is 32.1. The van der Waals surface area contributed by atoms with Crippen molar-refractivity contribution in [1.29, 1.82) is 0 Å². The summed E-state index contributed by atoms with van der Waals surface area (Å²) in [6.45, 7) is 0. The molecule has 0 radical (unpaired) electrons. The summed E-state index contributed by atoms with van der Waals surface area (Å²) in [7, 11) is 2.01. The first-order valence-corrected chi connectivity index (χ1v) is 8.28. The molecule has 1 aliphatic carbocycles. The maximum absolute atomic E-state index is 5.85. The van der Waals surface area contributed by atoms with E-state index in [1.165, 1.54) is 24.1 Å². The van der Waals surface area contributed by atoms with Crippen LogP contribution in [-0.4, -0.2) is 12.0 Å². The summed E-state index contributed by atoms with van der Waals surface area (Å²) in [5.41, 5.74) is 3.36. The van der Waals surface area contributed by atoms with Gasteiger partial charge in [0.15, 0.2) is 11.5 Å². The third-order valence-electron chi connectivity index (χ3n) is 4.17. The fraction of sp³-hybridized carbons (Fsp3) is 0.353. The number of oxazole rings is 1. The van der Waals surface area contributed by atoms with Crippen LogP contribution in [0.2, 0.25) is 0 Å². The number of fused-ring (bicyclic) bond motifs is 2. The lowest BCUT2D eigenvalue weighted by molar-refractivity contribution is 0.477. The number of rotatable bonds is 4. The Balaban J connectivity index is 1.60. The Morgan fingerprint density at radius 2 is 2.24 bits per heavy atom. The number of hydrogen-bond donors (Lipinski definition) is 1. The molecule has 0 amide bonds. The molecule has 3 aromatic rings. The summed E-state index contributed by atoms with van der Waals surface area (Å²) in [4.78, 5) is 7.57. The molecule has 4 heteroatoms. The van der Waals surface area contributed by atoms with Crippen molar-refractivity contribution in [2.24, 2.45) is 0 Å². The van der Waals surface area contributed by atoms with Crippen LogP contribution in [0.15, 0.2) is 34.7 Å². The normalized spacial score (nSPS) is 15.5. The smallest absolute Gasteiger partial charge is 0.197 e. The number of aromatic nitrogens is 1. The predicted molar refractivity (Wildman–Crippen MR) is 85.9 cm³/mol. The second-order valence-corrected chi connectivity index (χ2v) is 6.74. The fourth-order valence-corrected chi connectivity index (χ4v) is 4.42. The van der Waals surface area contributed by atoms with Gasteiger partial charge in [0.2, 0.25) is 0 Å². The average molecular weight is 298 g/mol. The van der Waals surface area contributed by atoms with E-state index in [0.717, 1.165) is 23.4 Å². The van der Waals surface area contributed by atoms with Gasteiger partial charge in [-0.1, -0.05) is 12.1 Å². The van der Waals surface area contributed by atoms with Crippen LogP contribution in [0.25, 0.3) is 11.1 Å². The summed E-state index contributed by atoms with van der Waals surface area (Å²) in [6.07, 6.45) is 4.60. The highest BCUT2D eigenvalue weighted by molar-refractivity contribution is 7.12. The van der Waals surface area contributed by atoms with Gasteiger partial charge in [-0.2, -0.15) is 0 Å². The number of nitrogens with zero attached hydrogens (tertiary/aromatic N) is 1. The minimum absolute atomic E-state index is 0.286. The van der Waals surface area contributed by atoms with E-state index in [9.17, 15) is 0 Å². The molecule has 0 spiro atoms. The Bertz CT molecular complexity index is 720. The average Bonchev–Trinajstić information content (AvgIpc) is 3.17. The van der Waals surface area contributed by atoms with Crippen LogP contribution in [0.4, 0.5) is 0 Å². The first-order chi connectivity index (χ1) is 10.3. The molecular formula is C17H18N2OS. The molecule has 0 saturated carbocycles. The third kappa shape index (κ3) is 2.39. The van der Waals surface area contributed by atoms with Crippen LogP contribution < -0.4 is 5.32 Å². The molecule has 1 N–H and O–H groups in total. The van der Waals surface area contributed by atoms with E-state index in [0.29, 0.717) is 0 Å². The van der Waals surface area contributed by atoms with Crippen molar-refractivity contribution in [2.45, 2.75) is 31.7 Å². The lowest BCUT2D eigenvalue weighted by Crippen LogP contribution is -2.17. The van der Waals surface area contributed by atoms with Crippen LogP contribution in [0.3, 0.4) is 0 Å². The van der Waals surface area contributed by atoms with Crippen molar-refractivity contribution in [3.63, 3.8) is 0 Å². The zero-order chi connectivity index (χ0) is 14.2. The zero-order valence-corrected chi connectivity index (χ0v) is 12.9. The first-order valence-electron chi connectivity index (χ1n) is 7.46. The number of thiophene rings is 1. The largest absolute Gasteiger partial charge is 0.441 e. The summed E-state index contributed by atoms with van der Waals surface area (Å²) < 4.78 is 5.85. The Hall–Kier alpha value is -1.65. The Morgan fingerprint density at radius 1 is 1.33 bits per heavy atom. The molecule has 0 aliphatic heterocycles. The standard InChI is InChI=1S/C17H18N2OS/c1-18-13(16-9-11-5-4-8-15(11)21-16)10-17-19-12-6-2-3-7-14(12)20-17/h2-3,6-7,9,13,18H,4-5,8,10H2,1H3. The van der Waals surface area contributed by atoms with E-state index in [2.05, 4.69) is 16.4 Å². The van der Waals surface area contributed by atoms with Gasteiger partial charge < -0.3 is 9.73 Å². The van der Waals surface area contributed by atoms with Crippen LogP contribution >= 0.6 is 11.3 Å². The van der Waals surface area contributed by atoms with Crippen molar-refractivity contribution in [3.05, 3.63) is 51.5 Å². The maximum Gasteiger partial charge on any atom is 0.197 e. The Morgan fingerprint density at radius 3 is 3.05 bits per heavy atom. The summed E-state index contributed by atoms with van der Waals surface area (Å²) in [5.74, 6) is 0.809. The van der Waals surface area contributed by atoms with Gasteiger partial charge in [0, 0.05) is 22.2 Å². The fourth-order valence-electron chi connectivity index (χ4n) is 3.05. The van der Waals surface area contributed by atoms with Crippen molar-refractivity contribution >= 4 is 22.4 Å². The molecule has 1 aliphatic rings. The quantitative estimate of drug-likeness (QED) is 0.794. The van der Waals surface area contributed by atoms with Crippen LogP contribution in [-0.2, 0) is 19.3 Å². The van der Waals surface area contributed by atoms with E-state index in [1.807, 2.05) is 42.6 Å². The number of aryl methyl sites for hydroxylation is 2. The second kappa shape index (κ2) is 5.28. The summed E-state index contributed by atoms with van der Waals surface area (Å²) in [6, 6.07) is 10.6. The van der Waals surface area contributed by atoms with Gasteiger partial charge in [-0.15, -0.1) is 11.3 Å². The number of likely N-dealkylation sites (N-methyl/N-ethyl adjacent to an activating group) is 1. The van der Waals surface area contributed by atoms with Gasteiger partial charge in [-0.25, -0.2) is 4.98 Å². The summed E-state index contributed by atoms with van der Waals surface area (Å²) in [5, 5.41) is 3.41. The molecule has 21 heavy (non-hydrogen) atoms. The van der Waals surface area contributed by atoms with Gasteiger partial charge >= 0.3 is 0 Å². The van der Waals surface area contributed by atoms with Crippen LogP contribution in [0.5, 0.6) is 0 Å². The van der Waals surface area contributed by atoms with Crippen molar-refractivity contribution in [3.8, 4) is 0 Å². The molecule has 2 heterocycles. The van der Waals surface area contributed by atoms with Gasteiger partial charge in [-0.05, 0) is 50.1 Å². The molecular weight excluding hydrogens is 280 g/mol. The molecule has 0 saturated heterocycles. The number of para-hydroxylation sites is 2. The lowest BCUT2D eigenvalue weighted by Gasteiger charge is -2.12. The lowest BCUT2D eigenvalue weighted by atomic mass is 10.1. The SMILES string of the molecule is CNC(Cc1nc2ccccc2o1)c1cc2c(s1)CCC2. The van der Waals surface area contributed by atoms with E-state index in [4.69, 9.17) is 4.42 Å². The first kappa shape index (κ1) is 13.0. The number of nitrogens with one attached hydrogen (secondary N) is 1. The zero-order valence-electron chi connectivity index (χ0n) is 12.1. The number of hydrogen-bond acceptors (Lipinski definition) is 4. The van der Waals surface area contributed by atoms with Gasteiger partial charge in [0.1, 0.15) is 5.52 Å². The minimum atomic E-state index is 0.286. The highest BCUT2D eigenvalue weighted by Gasteiger charge is 2.21. The minimum Gasteiger partial charge on any atom is -0.441 e. The molecule has 1 aromatic carbocycles. The molecule has 1 unspecified atom stereocenters. The van der Waals surface area contributed by atoms with Crippen molar-refractivity contribution in [2.75, 3.05) is 7.05 Å². The molecule has 0 fully saturated rings. The van der Waals surface area contributed by atoms with Gasteiger partial charge in [0.05, 0.1) is 0 Å². The van der Waals surface area contributed by atoms with Crippen molar-refractivity contribution < 1.29 is 4.42 Å². The number of benzene rings is 1. The molecule has 0 bridgehead atoms. The monoisotopic (exact) mass is 298 g/mol. The van der Waals surface area contributed by atoms with Crippen molar-refractivity contribution in [1.82, 2.24) is 10.3 Å². The molecule has 1 atom stereocenters. The van der Waals surface area contributed by atoms with E-state index < -0.39 is 0 Å². The molecule has 108 valence electrons. The molecule has 2 aromatic heterocycles. The molecule has 4 rings (SSSR count). The third-order valence-corrected chi connectivity index (χ3v) is 5.53. The van der Waals surface area contributed by atoms with Crippen LogP contribution in [0, 0.1) is 0 Å². The van der Waals surface area contributed by atoms with E-state index >= 15 is 0 Å². The van der Waals surface area contributed by atoms with Gasteiger partial charge in [0.25, 0.3) is 0 Å². The maximum atomic E-state index is 5.85. The summed E-state index contributed by atoms with van der Waals surface area (Å²) >= 11 is 1.95. The molecule has 3 nitrogen and oxygen atoms in total. The van der Waals surface area contributed by atoms with E-state index in [-0.39, 0.29) is 6.04 Å². The Kier molecular flexibility index (Phi) is 3.28. The topological polar surface area (TPSA) is 38.1 Å². The van der Waals surface area contributed by atoms with Crippen LogP contribution in [0.1, 0.15) is 33.7 Å².